The van der Waals surface area contributed by atoms with Gasteiger partial charge in [-0.3, -0.25) is 4.79 Å². The van der Waals surface area contributed by atoms with Gasteiger partial charge in [0, 0.05) is 11.6 Å². The summed E-state index contributed by atoms with van der Waals surface area (Å²) in [5.41, 5.74) is 6.23. The Kier molecular flexibility index (Phi) is 3.76. The highest BCUT2D eigenvalue weighted by Crippen LogP contribution is 2.36. The summed E-state index contributed by atoms with van der Waals surface area (Å²) in [6, 6.07) is 0.0627. The van der Waals surface area contributed by atoms with E-state index in [9.17, 15) is 4.79 Å². The van der Waals surface area contributed by atoms with Gasteiger partial charge < -0.3 is 11.1 Å². The summed E-state index contributed by atoms with van der Waals surface area (Å²) in [7, 11) is 0. The number of hydrogen-bond donors (Lipinski definition) is 2. The van der Waals surface area contributed by atoms with Crippen molar-refractivity contribution in [2.45, 2.75) is 70.4 Å². The topological polar surface area (TPSA) is 55.1 Å². The third-order valence-corrected chi connectivity index (χ3v) is 4.95. The molecule has 3 nitrogen and oxygen atoms in total. The van der Waals surface area contributed by atoms with Crippen LogP contribution in [0.5, 0.6) is 0 Å². The number of amides is 1. The summed E-state index contributed by atoms with van der Waals surface area (Å²) in [4.78, 5) is 12.4. The van der Waals surface area contributed by atoms with E-state index in [4.69, 9.17) is 5.73 Å². The first-order chi connectivity index (χ1) is 8.08. The quantitative estimate of drug-likeness (QED) is 0.792. The van der Waals surface area contributed by atoms with Crippen LogP contribution in [0.1, 0.15) is 58.8 Å². The summed E-state index contributed by atoms with van der Waals surface area (Å²) in [6.45, 7) is 4.34. The molecule has 3 atom stereocenters. The molecule has 0 aromatic carbocycles. The predicted molar refractivity (Wildman–Crippen MR) is 69.5 cm³/mol. The molecular formula is C14H26N2O. The van der Waals surface area contributed by atoms with Crippen molar-refractivity contribution in [3.05, 3.63) is 0 Å². The molecule has 17 heavy (non-hydrogen) atoms. The minimum Gasteiger partial charge on any atom is -0.350 e. The van der Waals surface area contributed by atoms with E-state index in [1.54, 1.807) is 0 Å². The molecule has 0 aromatic rings. The van der Waals surface area contributed by atoms with Gasteiger partial charge in [-0.25, -0.2) is 0 Å². The second-order valence-corrected chi connectivity index (χ2v) is 6.07. The van der Waals surface area contributed by atoms with Gasteiger partial charge in [0.2, 0.25) is 5.91 Å². The molecule has 2 rings (SSSR count). The lowest BCUT2D eigenvalue weighted by Crippen LogP contribution is -2.58. The number of hydrogen-bond acceptors (Lipinski definition) is 2. The minimum absolute atomic E-state index is 0.0350. The second kappa shape index (κ2) is 4.97. The zero-order valence-corrected chi connectivity index (χ0v) is 11.2. The largest absolute Gasteiger partial charge is 0.350 e. The first kappa shape index (κ1) is 12.9. The third-order valence-electron chi connectivity index (χ3n) is 4.95. The standard InChI is InChI=1S/C14H26N2O/c1-3-14(8-5-9-14)16-13(17)12-10(2)6-4-7-11(12)15/h10-12H,3-9,15H2,1-2H3,(H,16,17). The zero-order chi connectivity index (χ0) is 12.5. The van der Waals surface area contributed by atoms with Crippen LogP contribution < -0.4 is 11.1 Å². The zero-order valence-electron chi connectivity index (χ0n) is 11.2. The van der Waals surface area contributed by atoms with Gasteiger partial charge in [0.05, 0.1) is 5.92 Å². The average molecular weight is 238 g/mol. The van der Waals surface area contributed by atoms with Crippen LogP contribution in [0.15, 0.2) is 0 Å². The molecule has 0 aromatic heterocycles. The van der Waals surface area contributed by atoms with Crippen molar-refractivity contribution in [3.8, 4) is 0 Å². The molecular weight excluding hydrogens is 212 g/mol. The molecule has 3 heteroatoms. The summed E-state index contributed by atoms with van der Waals surface area (Å²) in [6.07, 6.45) is 7.91. The van der Waals surface area contributed by atoms with E-state index in [-0.39, 0.29) is 23.4 Å². The van der Waals surface area contributed by atoms with Crippen LogP contribution in [-0.2, 0) is 4.79 Å². The first-order valence-electron chi connectivity index (χ1n) is 7.15. The number of rotatable bonds is 3. The molecule has 0 radical (unpaired) electrons. The van der Waals surface area contributed by atoms with Crippen molar-refractivity contribution in [2.24, 2.45) is 17.6 Å². The SMILES string of the molecule is CCC1(NC(=O)C2C(C)CCCC2N)CCC1. The summed E-state index contributed by atoms with van der Waals surface area (Å²) >= 11 is 0. The van der Waals surface area contributed by atoms with Gasteiger partial charge in [-0.15, -0.1) is 0 Å². The monoisotopic (exact) mass is 238 g/mol. The molecule has 2 fully saturated rings. The van der Waals surface area contributed by atoms with Crippen LogP contribution >= 0.6 is 0 Å². The lowest BCUT2D eigenvalue weighted by molar-refractivity contribution is -0.131. The maximum atomic E-state index is 12.4. The fourth-order valence-electron chi connectivity index (χ4n) is 3.42. The van der Waals surface area contributed by atoms with Gasteiger partial charge in [-0.05, 0) is 44.4 Å². The van der Waals surface area contributed by atoms with Crippen molar-refractivity contribution in [3.63, 3.8) is 0 Å². The molecule has 0 aliphatic heterocycles. The van der Waals surface area contributed by atoms with E-state index in [0.717, 1.165) is 32.1 Å². The van der Waals surface area contributed by atoms with Crippen LogP contribution in [0.25, 0.3) is 0 Å². The Balaban J connectivity index is 1.98. The van der Waals surface area contributed by atoms with Gasteiger partial charge in [0.25, 0.3) is 0 Å². The Hall–Kier alpha value is -0.570. The van der Waals surface area contributed by atoms with Crippen molar-refractivity contribution in [2.75, 3.05) is 0 Å². The molecule has 0 heterocycles. The maximum absolute atomic E-state index is 12.4. The van der Waals surface area contributed by atoms with Crippen LogP contribution in [0.4, 0.5) is 0 Å². The average Bonchev–Trinajstić information content (AvgIpc) is 2.23. The molecule has 2 aliphatic rings. The molecule has 0 saturated heterocycles. The fraction of sp³-hybridized carbons (Fsp3) is 0.929. The lowest BCUT2D eigenvalue weighted by Gasteiger charge is -2.44. The van der Waals surface area contributed by atoms with Gasteiger partial charge in [0.15, 0.2) is 0 Å². The van der Waals surface area contributed by atoms with E-state index in [1.165, 1.54) is 12.8 Å². The normalized spacial score (nSPS) is 36.1. The molecule has 98 valence electrons. The van der Waals surface area contributed by atoms with Crippen molar-refractivity contribution in [1.29, 1.82) is 0 Å². The van der Waals surface area contributed by atoms with Crippen LogP contribution in [-0.4, -0.2) is 17.5 Å². The summed E-state index contributed by atoms with van der Waals surface area (Å²) in [5, 5.41) is 3.29. The van der Waals surface area contributed by atoms with E-state index < -0.39 is 0 Å². The second-order valence-electron chi connectivity index (χ2n) is 6.07. The third kappa shape index (κ3) is 2.49. The Labute approximate surface area is 105 Å². The lowest BCUT2D eigenvalue weighted by atomic mass is 9.72. The Morgan fingerprint density at radius 1 is 1.35 bits per heavy atom. The van der Waals surface area contributed by atoms with Gasteiger partial charge in [0.1, 0.15) is 0 Å². The Morgan fingerprint density at radius 2 is 2.06 bits per heavy atom. The smallest absolute Gasteiger partial charge is 0.225 e. The van der Waals surface area contributed by atoms with E-state index in [0.29, 0.717) is 5.92 Å². The van der Waals surface area contributed by atoms with Crippen LogP contribution in [0.2, 0.25) is 0 Å². The van der Waals surface area contributed by atoms with Crippen molar-refractivity contribution >= 4 is 5.91 Å². The van der Waals surface area contributed by atoms with E-state index >= 15 is 0 Å². The molecule has 0 spiro atoms. The highest BCUT2D eigenvalue weighted by atomic mass is 16.2. The molecule has 1 amide bonds. The Bertz CT molecular complexity index is 270. The van der Waals surface area contributed by atoms with Gasteiger partial charge >= 0.3 is 0 Å². The van der Waals surface area contributed by atoms with Gasteiger partial charge in [-0.1, -0.05) is 20.3 Å². The van der Waals surface area contributed by atoms with Crippen LogP contribution in [0.3, 0.4) is 0 Å². The molecule has 0 bridgehead atoms. The first-order valence-corrected chi connectivity index (χ1v) is 7.15. The summed E-state index contributed by atoms with van der Waals surface area (Å²) in [5.74, 6) is 0.687. The number of carbonyl (C=O) groups excluding carboxylic acids is 1. The van der Waals surface area contributed by atoms with Gasteiger partial charge in [-0.2, -0.15) is 0 Å². The number of nitrogens with one attached hydrogen (secondary N) is 1. The Morgan fingerprint density at radius 3 is 2.53 bits per heavy atom. The number of nitrogens with two attached hydrogens (primary N) is 1. The molecule has 2 aliphatic carbocycles. The molecule has 3 N–H and O–H groups in total. The summed E-state index contributed by atoms with van der Waals surface area (Å²) < 4.78 is 0. The van der Waals surface area contributed by atoms with E-state index in [1.807, 2.05) is 0 Å². The van der Waals surface area contributed by atoms with Crippen molar-refractivity contribution in [1.82, 2.24) is 5.32 Å². The van der Waals surface area contributed by atoms with E-state index in [2.05, 4.69) is 19.2 Å². The predicted octanol–water partition coefficient (Wildman–Crippen LogP) is 2.20. The minimum atomic E-state index is 0.0350. The molecule has 3 unspecified atom stereocenters. The van der Waals surface area contributed by atoms with Crippen molar-refractivity contribution < 1.29 is 4.79 Å². The fourth-order valence-corrected chi connectivity index (χ4v) is 3.42. The molecule has 2 saturated carbocycles. The maximum Gasteiger partial charge on any atom is 0.225 e. The highest BCUT2D eigenvalue weighted by molar-refractivity contribution is 5.80. The number of carbonyl (C=O) groups is 1. The highest BCUT2D eigenvalue weighted by Gasteiger charge is 2.41. The van der Waals surface area contributed by atoms with Crippen LogP contribution in [0, 0.1) is 11.8 Å².